The summed E-state index contributed by atoms with van der Waals surface area (Å²) in [7, 11) is -1.30. The van der Waals surface area contributed by atoms with Gasteiger partial charge in [0.2, 0.25) is 0 Å². The van der Waals surface area contributed by atoms with E-state index in [2.05, 4.69) is 10.2 Å². The summed E-state index contributed by atoms with van der Waals surface area (Å²) < 4.78 is 63.4. The van der Waals surface area contributed by atoms with Gasteiger partial charge in [0.25, 0.3) is 15.8 Å². The molecule has 4 N–H and O–H groups in total. The number of fused-ring (bicyclic) bond motifs is 1. The SMILES string of the molecule is COc1cc2c(-c3ccc(CNS(N)(=O)=O)c(F)c3F)n[nH]c(=O)c2cc1OC. The van der Waals surface area contributed by atoms with Crippen molar-refractivity contribution in [1.29, 1.82) is 0 Å². The smallest absolute Gasteiger partial charge is 0.274 e. The second-order valence-corrected chi connectivity index (χ2v) is 7.30. The highest BCUT2D eigenvalue weighted by Gasteiger charge is 2.20. The quantitative estimate of drug-likeness (QED) is 0.541. The number of hydrogen-bond acceptors (Lipinski definition) is 6. The van der Waals surface area contributed by atoms with Gasteiger partial charge in [-0.05, 0) is 18.2 Å². The van der Waals surface area contributed by atoms with Crippen molar-refractivity contribution in [3.05, 3.63) is 51.8 Å². The van der Waals surface area contributed by atoms with E-state index in [1.807, 2.05) is 4.72 Å². The standard InChI is InChI=1S/C17H16F2N4O5S/c1-27-12-5-10-11(6-13(12)28-2)17(24)23-22-16(10)9-4-3-8(14(18)15(9)19)7-21-29(20,25)26/h3-6,21H,7H2,1-2H3,(H,23,24)(H2,20,25,26). The number of methoxy groups -OCH3 is 2. The Hall–Kier alpha value is -3.09. The molecule has 0 saturated heterocycles. The van der Waals surface area contributed by atoms with Gasteiger partial charge in [-0.1, -0.05) is 6.07 Å². The number of ether oxygens (including phenoxy) is 2. The minimum Gasteiger partial charge on any atom is -0.493 e. The Balaban J connectivity index is 2.19. The first-order valence-electron chi connectivity index (χ1n) is 8.05. The van der Waals surface area contributed by atoms with Crippen LogP contribution < -0.4 is 24.9 Å². The highest BCUT2D eigenvalue weighted by molar-refractivity contribution is 7.87. The fraction of sp³-hybridized carbons (Fsp3) is 0.176. The third kappa shape index (κ3) is 4.04. The zero-order valence-electron chi connectivity index (χ0n) is 15.2. The summed E-state index contributed by atoms with van der Waals surface area (Å²) in [6.07, 6.45) is 0. The van der Waals surface area contributed by atoms with E-state index in [4.69, 9.17) is 14.6 Å². The second-order valence-electron chi connectivity index (χ2n) is 5.92. The third-order valence-corrected chi connectivity index (χ3v) is 4.72. The molecule has 1 heterocycles. The normalized spacial score (nSPS) is 11.6. The molecule has 0 amide bonds. The van der Waals surface area contributed by atoms with Crippen molar-refractivity contribution >= 4 is 21.0 Å². The lowest BCUT2D eigenvalue weighted by Crippen LogP contribution is -2.30. The molecule has 154 valence electrons. The Kier molecular flexibility index (Phi) is 5.50. The summed E-state index contributed by atoms with van der Waals surface area (Å²) in [5, 5.41) is 11.2. The average molecular weight is 426 g/mol. The van der Waals surface area contributed by atoms with Crippen LogP contribution in [0.15, 0.2) is 29.1 Å². The van der Waals surface area contributed by atoms with Gasteiger partial charge in [-0.3, -0.25) is 4.79 Å². The first-order chi connectivity index (χ1) is 13.7. The second kappa shape index (κ2) is 7.73. The summed E-state index contributed by atoms with van der Waals surface area (Å²) in [4.78, 5) is 12.2. The van der Waals surface area contributed by atoms with Gasteiger partial charge in [0.15, 0.2) is 23.1 Å². The Morgan fingerprint density at radius 3 is 2.31 bits per heavy atom. The number of halogens is 2. The first kappa shape index (κ1) is 20.6. The number of nitrogens with two attached hydrogens (primary N) is 1. The van der Waals surface area contributed by atoms with Crippen LogP contribution in [0, 0.1) is 11.6 Å². The molecule has 3 rings (SSSR count). The minimum absolute atomic E-state index is 0.0390. The van der Waals surface area contributed by atoms with Gasteiger partial charge in [-0.15, -0.1) is 0 Å². The van der Waals surface area contributed by atoms with Crippen molar-refractivity contribution in [2.45, 2.75) is 6.54 Å². The lowest BCUT2D eigenvalue weighted by molar-refractivity contribution is 0.356. The van der Waals surface area contributed by atoms with Crippen LogP contribution in [-0.4, -0.2) is 32.8 Å². The molecule has 0 aliphatic rings. The van der Waals surface area contributed by atoms with Crippen LogP contribution in [0.3, 0.4) is 0 Å². The maximum absolute atomic E-state index is 14.8. The molecule has 12 heteroatoms. The van der Waals surface area contributed by atoms with E-state index in [0.717, 1.165) is 0 Å². The lowest BCUT2D eigenvalue weighted by Gasteiger charge is -2.12. The molecule has 1 aromatic heterocycles. The van der Waals surface area contributed by atoms with E-state index in [1.165, 1.54) is 38.5 Å². The molecule has 0 saturated carbocycles. The van der Waals surface area contributed by atoms with E-state index >= 15 is 0 Å². The third-order valence-electron chi connectivity index (χ3n) is 4.17. The topological polar surface area (TPSA) is 136 Å². The summed E-state index contributed by atoms with van der Waals surface area (Å²) in [6, 6.07) is 5.23. The molecule has 0 atom stereocenters. The number of nitrogens with zero attached hydrogens (tertiary/aromatic N) is 1. The van der Waals surface area contributed by atoms with Gasteiger partial charge in [0, 0.05) is 23.1 Å². The highest BCUT2D eigenvalue weighted by atomic mass is 32.2. The van der Waals surface area contributed by atoms with E-state index in [9.17, 15) is 22.0 Å². The monoisotopic (exact) mass is 426 g/mol. The maximum Gasteiger partial charge on any atom is 0.274 e. The number of rotatable bonds is 6. The van der Waals surface area contributed by atoms with Crippen LogP contribution in [0.5, 0.6) is 11.5 Å². The summed E-state index contributed by atoms with van der Waals surface area (Å²) >= 11 is 0. The van der Waals surface area contributed by atoms with Gasteiger partial charge in [-0.25, -0.2) is 19.0 Å². The largest absolute Gasteiger partial charge is 0.493 e. The highest BCUT2D eigenvalue weighted by Crippen LogP contribution is 2.35. The van der Waals surface area contributed by atoms with Crippen LogP contribution in [0.2, 0.25) is 0 Å². The van der Waals surface area contributed by atoms with Crippen molar-refractivity contribution in [3.8, 4) is 22.8 Å². The van der Waals surface area contributed by atoms with Gasteiger partial charge < -0.3 is 9.47 Å². The predicted molar refractivity (Wildman–Crippen MR) is 101 cm³/mol. The maximum atomic E-state index is 14.8. The number of aromatic amines is 1. The Bertz CT molecular complexity index is 1260. The molecular formula is C17H16F2N4O5S. The van der Waals surface area contributed by atoms with E-state index in [1.54, 1.807) is 0 Å². The molecule has 0 bridgehead atoms. The fourth-order valence-electron chi connectivity index (χ4n) is 2.78. The molecule has 0 aliphatic carbocycles. The molecule has 3 aromatic rings. The Morgan fingerprint density at radius 1 is 1.10 bits per heavy atom. The molecule has 0 unspecified atom stereocenters. The summed E-state index contributed by atoms with van der Waals surface area (Å²) in [5.74, 6) is -2.00. The van der Waals surface area contributed by atoms with Gasteiger partial charge in [0.05, 0.1) is 19.6 Å². The molecule has 2 aromatic carbocycles. The van der Waals surface area contributed by atoms with Gasteiger partial charge in [-0.2, -0.15) is 18.2 Å². The van der Waals surface area contributed by atoms with Crippen LogP contribution >= 0.6 is 0 Å². The molecule has 0 fully saturated rings. The minimum atomic E-state index is -4.08. The number of benzene rings is 2. The van der Waals surface area contributed by atoms with Crippen LogP contribution in [0.4, 0.5) is 8.78 Å². The molecule has 0 aliphatic heterocycles. The Morgan fingerprint density at radius 2 is 1.72 bits per heavy atom. The van der Waals surface area contributed by atoms with Crippen molar-refractivity contribution in [3.63, 3.8) is 0 Å². The molecule has 29 heavy (non-hydrogen) atoms. The van der Waals surface area contributed by atoms with Gasteiger partial charge in [0.1, 0.15) is 5.69 Å². The number of aromatic nitrogens is 2. The Labute approximate surface area is 163 Å². The number of nitrogens with one attached hydrogen (secondary N) is 2. The molecule has 0 radical (unpaired) electrons. The van der Waals surface area contributed by atoms with E-state index < -0.39 is 33.9 Å². The predicted octanol–water partition coefficient (Wildman–Crippen LogP) is 1.18. The molecule has 0 spiro atoms. The molecule has 9 nitrogen and oxygen atoms in total. The van der Waals surface area contributed by atoms with E-state index in [0.29, 0.717) is 0 Å². The van der Waals surface area contributed by atoms with Crippen molar-refractivity contribution in [2.24, 2.45) is 5.14 Å². The lowest BCUT2D eigenvalue weighted by atomic mass is 10.0. The van der Waals surface area contributed by atoms with E-state index in [-0.39, 0.29) is 39.1 Å². The van der Waals surface area contributed by atoms with Crippen LogP contribution in [-0.2, 0) is 16.8 Å². The van der Waals surface area contributed by atoms with Gasteiger partial charge >= 0.3 is 0 Å². The average Bonchev–Trinajstić information content (AvgIpc) is 2.68. The van der Waals surface area contributed by atoms with Crippen molar-refractivity contribution in [1.82, 2.24) is 14.9 Å². The van der Waals surface area contributed by atoms with Crippen molar-refractivity contribution in [2.75, 3.05) is 14.2 Å². The van der Waals surface area contributed by atoms with Crippen LogP contribution in [0.25, 0.3) is 22.0 Å². The first-order valence-corrected chi connectivity index (χ1v) is 9.60. The van der Waals surface area contributed by atoms with Crippen molar-refractivity contribution < 1.29 is 26.7 Å². The zero-order chi connectivity index (χ0) is 21.3. The molecular weight excluding hydrogens is 410 g/mol. The number of hydrogen-bond donors (Lipinski definition) is 3. The zero-order valence-corrected chi connectivity index (χ0v) is 16.1. The summed E-state index contributed by atoms with van der Waals surface area (Å²) in [5.41, 5.74) is -1.09. The summed E-state index contributed by atoms with van der Waals surface area (Å²) in [6.45, 7) is -0.535. The van der Waals surface area contributed by atoms with Crippen LogP contribution in [0.1, 0.15) is 5.56 Å². The number of H-pyrrole nitrogens is 1. The fourth-order valence-corrected chi connectivity index (χ4v) is 3.14.